The molecule has 438 valence electrons. The van der Waals surface area contributed by atoms with Gasteiger partial charge in [-0.05, 0) is 57.8 Å². The Kier molecular flexibility index (Phi) is 62.4. The van der Waals surface area contributed by atoms with Gasteiger partial charge in [0.05, 0.1) is 25.4 Å². The lowest BCUT2D eigenvalue weighted by Gasteiger charge is -2.20. The fraction of sp³-hybridized carbons (Fsp3) is 0.912. The van der Waals surface area contributed by atoms with Gasteiger partial charge in [-0.2, -0.15) is 0 Å². The SMILES string of the molecule is CCCCCCCC/C=C\CCCCCCCCCCCC(=O)OCCCCCCCCCCCCCCCCCCCCCCCCCCCCC(=O)NC(CO)C(O)/C=C/CCCCCCCCCCCC. The summed E-state index contributed by atoms with van der Waals surface area (Å²) in [6.07, 6.45) is 79.6. The molecule has 0 spiro atoms. The van der Waals surface area contributed by atoms with Crippen LogP contribution in [0.1, 0.15) is 373 Å². The molecule has 74 heavy (non-hydrogen) atoms. The molecule has 0 bridgehead atoms. The predicted molar refractivity (Wildman–Crippen MR) is 324 cm³/mol. The Balaban J connectivity index is 3.33. The Morgan fingerprint density at radius 1 is 0.365 bits per heavy atom. The largest absolute Gasteiger partial charge is 0.466 e. The maximum Gasteiger partial charge on any atom is 0.305 e. The zero-order chi connectivity index (χ0) is 53.6. The van der Waals surface area contributed by atoms with Crippen LogP contribution in [0, 0.1) is 0 Å². The van der Waals surface area contributed by atoms with Crippen LogP contribution in [0.3, 0.4) is 0 Å². The summed E-state index contributed by atoms with van der Waals surface area (Å²) in [5.41, 5.74) is 0. The standard InChI is InChI=1S/C68H131NO5/c1-3-5-7-9-11-13-15-17-18-19-28-32-35-38-42-46-50-54-58-62-68(73)74-63-59-55-51-47-43-39-36-33-30-27-25-23-21-20-22-24-26-29-31-34-37-41-45-49-53-57-61-67(72)69-65(64-70)66(71)60-56-52-48-44-40-16-14-12-10-8-6-4-2/h17-18,56,60,65-66,70-71H,3-16,19-55,57-59,61-64H2,1-2H3,(H,69,72)/b18-17-,60-56+. The molecule has 6 heteroatoms. The van der Waals surface area contributed by atoms with Gasteiger partial charge < -0.3 is 20.3 Å². The van der Waals surface area contributed by atoms with Crippen LogP contribution in [-0.4, -0.2) is 47.4 Å². The number of hydrogen-bond acceptors (Lipinski definition) is 5. The van der Waals surface area contributed by atoms with Crippen molar-refractivity contribution in [1.82, 2.24) is 5.32 Å². The van der Waals surface area contributed by atoms with Crippen molar-refractivity contribution >= 4 is 11.9 Å². The van der Waals surface area contributed by atoms with Crippen LogP contribution in [0.25, 0.3) is 0 Å². The van der Waals surface area contributed by atoms with Crippen molar-refractivity contribution in [3.05, 3.63) is 24.3 Å². The summed E-state index contributed by atoms with van der Waals surface area (Å²) in [6, 6.07) is -0.625. The molecule has 2 unspecified atom stereocenters. The molecule has 1 amide bonds. The molecule has 0 saturated heterocycles. The fourth-order valence-corrected chi connectivity index (χ4v) is 10.6. The highest BCUT2D eigenvalue weighted by Crippen LogP contribution is 2.18. The molecule has 2 atom stereocenters. The third-order valence-electron chi connectivity index (χ3n) is 15.7. The van der Waals surface area contributed by atoms with Gasteiger partial charge in [0.1, 0.15) is 0 Å². The topological polar surface area (TPSA) is 95.9 Å². The Labute approximate surface area is 462 Å². The van der Waals surface area contributed by atoms with Gasteiger partial charge in [-0.15, -0.1) is 0 Å². The third kappa shape index (κ3) is 59.6. The molecule has 0 aliphatic rings. The van der Waals surface area contributed by atoms with E-state index in [4.69, 9.17) is 4.74 Å². The molecule has 0 aliphatic heterocycles. The quantitative estimate of drug-likeness (QED) is 0.0320. The Hall–Kier alpha value is -1.66. The first-order chi connectivity index (χ1) is 36.5. The number of ether oxygens (including phenoxy) is 1. The maximum absolute atomic E-state index is 12.4. The average Bonchev–Trinajstić information content (AvgIpc) is 3.40. The smallest absolute Gasteiger partial charge is 0.305 e. The zero-order valence-corrected chi connectivity index (χ0v) is 50.1. The summed E-state index contributed by atoms with van der Waals surface area (Å²) in [5.74, 6) is -0.0480. The van der Waals surface area contributed by atoms with Crippen molar-refractivity contribution in [1.29, 1.82) is 0 Å². The van der Waals surface area contributed by atoms with E-state index in [0.717, 1.165) is 38.5 Å². The van der Waals surface area contributed by atoms with Crippen molar-refractivity contribution in [2.24, 2.45) is 0 Å². The van der Waals surface area contributed by atoms with E-state index in [1.807, 2.05) is 6.08 Å². The average molecular weight is 1040 g/mol. The number of carbonyl (C=O) groups is 2. The van der Waals surface area contributed by atoms with Gasteiger partial charge in [-0.1, -0.05) is 327 Å². The summed E-state index contributed by atoms with van der Waals surface area (Å²) >= 11 is 0. The minimum atomic E-state index is -0.841. The number of aliphatic hydroxyl groups excluding tert-OH is 2. The second-order valence-corrected chi connectivity index (χ2v) is 23.2. The number of nitrogens with one attached hydrogen (secondary N) is 1. The summed E-state index contributed by atoms with van der Waals surface area (Å²) in [5, 5.41) is 23.1. The molecule has 6 nitrogen and oxygen atoms in total. The van der Waals surface area contributed by atoms with Crippen molar-refractivity contribution in [3.8, 4) is 0 Å². The van der Waals surface area contributed by atoms with E-state index in [1.54, 1.807) is 6.08 Å². The number of hydrogen-bond donors (Lipinski definition) is 3. The first-order valence-corrected chi connectivity index (χ1v) is 33.6. The van der Waals surface area contributed by atoms with Crippen LogP contribution in [0.4, 0.5) is 0 Å². The second-order valence-electron chi connectivity index (χ2n) is 23.2. The summed E-state index contributed by atoms with van der Waals surface area (Å²) < 4.78 is 5.51. The van der Waals surface area contributed by atoms with E-state index >= 15 is 0 Å². The first-order valence-electron chi connectivity index (χ1n) is 33.6. The Bertz CT molecular complexity index is 1150. The molecule has 0 fully saturated rings. The van der Waals surface area contributed by atoms with Crippen molar-refractivity contribution < 1.29 is 24.5 Å². The number of esters is 1. The van der Waals surface area contributed by atoms with Crippen molar-refractivity contribution in [3.63, 3.8) is 0 Å². The van der Waals surface area contributed by atoms with Gasteiger partial charge in [-0.25, -0.2) is 0 Å². The number of amides is 1. The minimum absolute atomic E-state index is 0.0169. The molecule has 3 N–H and O–H groups in total. The molecule has 0 aromatic carbocycles. The van der Waals surface area contributed by atoms with Crippen LogP contribution in [0.5, 0.6) is 0 Å². The van der Waals surface area contributed by atoms with Crippen LogP contribution < -0.4 is 5.32 Å². The summed E-state index contributed by atoms with van der Waals surface area (Å²) in [6.45, 7) is 4.92. The molecule has 0 aromatic rings. The van der Waals surface area contributed by atoms with E-state index in [1.165, 1.54) is 308 Å². The van der Waals surface area contributed by atoms with E-state index in [0.29, 0.717) is 19.4 Å². The van der Waals surface area contributed by atoms with Gasteiger partial charge in [0.15, 0.2) is 0 Å². The van der Waals surface area contributed by atoms with Gasteiger partial charge >= 0.3 is 5.97 Å². The van der Waals surface area contributed by atoms with Crippen molar-refractivity contribution in [2.45, 2.75) is 386 Å². The van der Waals surface area contributed by atoms with E-state index < -0.39 is 12.1 Å². The minimum Gasteiger partial charge on any atom is -0.466 e. The summed E-state index contributed by atoms with van der Waals surface area (Å²) in [7, 11) is 0. The lowest BCUT2D eigenvalue weighted by atomic mass is 10.0. The highest BCUT2D eigenvalue weighted by atomic mass is 16.5. The van der Waals surface area contributed by atoms with Gasteiger partial charge in [0.2, 0.25) is 5.91 Å². The van der Waals surface area contributed by atoms with Gasteiger partial charge in [0, 0.05) is 12.8 Å². The molecular weight excluding hydrogens is 911 g/mol. The van der Waals surface area contributed by atoms with E-state index in [2.05, 4.69) is 31.3 Å². The van der Waals surface area contributed by atoms with Gasteiger partial charge in [-0.3, -0.25) is 9.59 Å². The molecule has 0 aliphatic carbocycles. The van der Waals surface area contributed by atoms with Gasteiger partial charge in [0.25, 0.3) is 0 Å². The second kappa shape index (κ2) is 63.9. The number of aliphatic hydroxyl groups is 2. The van der Waals surface area contributed by atoms with E-state index in [9.17, 15) is 19.8 Å². The maximum atomic E-state index is 12.4. The highest BCUT2D eigenvalue weighted by molar-refractivity contribution is 5.76. The third-order valence-corrected chi connectivity index (χ3v) is 15.7. The molecule has 0 radical (unpaired) electrons. The highest BCUT2D eigenvalue weighted by Gasteiger charge is 2.18. The first kappa shape index (κ1) is 72.3. The lowest BCUT2D eigenvalue weighted by molar-refractivity contribution is -0.143. The number of allylic oxidation sites excluding steroid dienone is 3. The van der Waals surface area contributed by atoms with Crippen LogP contribution in [-0.2, 0) is 14.3 Å². The molecule has 0 heterocycles. The number of rotatable bonds is 63. The molecule has 0 saturated carbocycles. The normalized spacial score (nSPS) is 12.6. The van der Waals surface area contributed by atoms with Crippen LogP contribution in [0.2, 0.25) is 0 Å². The predicted octanol–water partition coefficient (Wildman–Crippen LogP) is 21.4. The number of carbonyl (C=O) groups excluding carboxylic acids is 2. The van der Waals surface area contributed by atoms with Crippen LogP contribution in [0.15, 0.2) is 24.3 Å². The molecular formula is C68H131NO5. The summed E-state index contributed by atoms with van der Waals surface area (Å²) in [4.78, 5) is 24.6. The van der Waals surface area contributed by atoms with E-state index in [-0.39, 0.29) is 18.5 Å². The van der Waals surface area contributed by atoms with Crippen molar-refractivity contribution in [2.75, 3.05) is 13.2 Å². The fourth-order valence-electron chi connectivity index (χ4n) is 10.6. The monoisotopic (exact) mass is 1040 g/mol. The lowest BCUT2D eigenvalue weighted by Crippen LogP contribution is -2.45. The molecule has 0 rings (SSSR count). The zero-order valence-electron chi connectivity index (χ0n) is 50.1. The molecule has 0 aromatic heterocycles. The van der Waals surface area contributed by atoms with Crippen LogP contribution >= 0.6 is 0 Å². The Morgan fingerprint density at radius 3 is 0.959 bits per heavy atom. The number of unbranched alkanes of at least 4 members (excludes halogenated alkanes) is 50. The Morgan fingerprint density at radius 2 is 0.635 bits per heavy atom.